The summed E-state index contributed by atoms with van der Waals surface area (Å²) in [6, 6.07) is 9.49. The molecule has 0 radical (unpaired) electrons. The second kappa shape index (κ2) is 6.77. The van der Waals surface area contributed by atoms with Crippen molar-refractivity contribution in [2.45, 2.75) is 13.1 Å². The molecule has 0 aromatic carbocycles. The van der Waals surface area contributed by atoms with Crippen molar-refractivity contribution in [2.75, 3.05) is 7.11 Å². The highest BCUT2D eigenvalue weighted by atomic mass is 16.5. The predicted octanol–water partition coefficient (Wildman–Crippen LogP) is 1.36. The lowest BCUT2D eigenvalue weighted by atomic mass is 10.2. The lowest BCUT2D eigenvalue weighted by Gasteiger charge is -2.09. The van der Waals surface area contributed by atoms with Gasteiger partial charge < -0.3 is 10.1 Å². The van der Waals surface area contributed by atoms with Gasteiger partial charge in [0, 0.05) is 43.3 Å². The number of aromatic nitrogens is 5. The molecule has 7 heteroatoms. The highest BCUT2D eigenvalue weighted by Crippen LogP contribution is 2.10. The summed E-state index contributed by atoms with van der Waals surface area (Å²) >= 11 is 0. The number of methoxy groups -OCH3 is 1. The topological polar surface area (TPSA) is 77.8 Å². The van der Waals surface area contributed by atoms with Crippen LogP contribution in [0, 0.1) is 0 Å². The summed E-state index contributed by atoms with van der Waals surface area (Å²) in [5.41, 5.74) is 1.91. The Morgan fingerprint density at radius 1 is 1.09 bits per heavy atom. The molecular weight excluding hydrogens is 280 g/mol. The zero-order valence-electron chi connectivity index (χ0n) is 12.2. The van der Waals surface area contributed by atoms with E-state index in [1.807, 2.05) is 30.5 Å². The first-order valence-corrected chi connectivity index (χ1v) is 6.88. The Kier molecular flexibility index (Phi) is 4.35. The van der Waals surface area contributed by atoms with Gasteiger partial charge >= 0.3 is 0 Å². The largest absolute Gasteiger partial charge is 0.480 e. The first kappa shape index (κ1) is 14.2. The van der Waals surface area contributed by atoms with Gasteiger partial charge in [0.2, 0.25) is 5.88 Å². The average Bonchev–Trinajstić information content (AvgIpc) is 3.10. The van der Waals surface area contributed by atoms with E-state index in [1.165, 1.54) is 0 Å². The van der Waals surface area contributed by atoms with Crippen molar-refractivity contribution in [3.8, 4) is 11.7 Å². The van der Waals surface area contributed by atoms with Crippen molar-refractivity contribution < 1.29 is 4.74 Å². The first-order valence-electron chi connectivity index (χ1n) is 6.88. The lowest BCUT2D eigenvalue weighted by Crippen LogP contribution is -2.16. The first-order chi connectivity index (χ1) is 10.9. The van der Waals surface area contributed by atoms with E-state index in [1.54, 1.807) is 30.3 Å². The van der Waals surface area contributed by atoms with E-state index in [0.717, 1.165) is 17.1 Å². The van der Waals surface area contributed by atoms with Gasteiger partial charge in [0.25, 0.3) is 0 Å². The van der Waals surface area contributed by atoms with Crippen molar-refractivity contribution >= 4 is 0 Å². The number of pyridine rings is 1. The number of rotatable bonds is 6. The third-order valence-electron chi connectivity index (χ3n) is 3.11. The van der Waals surface area contributed by atoms with Gasteiger partial charge in [-0.05, 0) is 18.2 Å². The van der Waals surface area contributed by atoms with Gasteiger partial charge in [-0.2, -0.15) is 10.2 Å². The Morgan fingerprint density at radius 3 is 2.77 bits per heavy atom. The van der Waals surface area contributed by atoms with Gasteiger partial charge in [-0.15, -0.1) is 5.10 Å². The van der Waals surface area contributed by atoms with Crippen LogP contribution in [-0.2, 0) is 13.1 Å². The molecule has 3 rings (SSSR count). The second-order valence-electron chi connectivity index (χ2n) is 4.61. The molecule has 0 saturated heterocycles. The minimum Gasteiger partial charge on any atom is -0.480 e. The molecule has 3 aromatic heterocycles. The third-order valence-corrected chi connectivity index (χ3v) is 3.11. The summed E-state index contributed by atoms with van der Waals surface area (Å²) in [5.74, 6) is 1.33. The molecule has 0 atom stereocenters. The molecule has 3 aromatic rings. The summed E-state index contributed by atoms with van der Waals surface area (Å²) in [5, 5.41) is 15.6. The zero-order chi connectivity index (χ0) is 15.2. The standard InChI is InChI=1S/C15H16N6O/c1-22-14-6-5-13(19-20-14)11-16-10-12-4-2-7-17-15(12)21-9-3-8-18-21/h2-9,16H,10-11H2,1H3. The van der Waals surface area contributed by atoms with Crippen molar-refractivity contribution in [3.63, 3.8) is 0 Å². The van der Waals surface area contributed by atoms with Crippen LogP contribution in [0.3, 0.4) is 0 Å². The number of ether oxygens (including phenoxy) is 1. The molecule has 0 saturated carbocycles. The van der Waals surface area contributed by atoms with E-state index in [0.29, 0.717) is 19.0 Å². The fourth-order valence-corrected chi connectivity index (χ4v) is 2.04. The molecule has 0 bridgehead atoms. The van der Waals surface area contributed by atoms with Gasteiger partial charge in [0.1, 0.15) is 0 Å². The molecule has 0 aliphatic rings. The molecule has 3 heterocycles. The molecule has 112 valence electrons. The van der Waals surface area contributed by atoms with E-state index in [-0.39, 0.29) is 0 Å². The zero-order valence-corrected chi connectivity index (χ0v) is 12.2. The van der Waals surface area contributed by atoms with Crippen LogP contribution in [0.4, 0.5) is 0 Å². The maximum atomic E-state index is 4.99. The van der Waals surface area contributed by atoms with Crippen LogP contribution in [-0.4, -0.2) is 32.1 Å². The summed E-state index contributed by atoms with van der Waals surface area (Å²) in [6.07, 6.45) is 5.37. The van der Waals surface area contributed by atoms with Crippen LogP contribution in [0.5, 0.6) is 5.88 Å². The summed E-state index contributed by atoms with van der Waals surface area (Å²) in [6.45, 7) is 1.28. The minimum atomic E-state index is 0.511. The molecule has 0 aliphatic carbocycles. The average molecular weight is 296 g/mol. The summed E-state index contributed by atoms with van der Waals surface area (Å²) in [7, 11) is 1.57. The fraction of sp³-hybridized carbons (Fsp3) is 0.200. The maximum absolute atomic E-state index is 4.99. The van der Waals surface area contributed by atoms with Crippen LogP contribution in [0.1, 0.15) is 11.3 Å². The van der Waals surface area contributed by atoms with Crippen LogP contribution >= 0.6 is 0 Å². The highest BCUT2D eigenvalue weighted by molar-refractivity contribution is 5.32. The highest BCUT2D eigenvalue weighted by Gasteiger charge is 2.06. The van der Waals surface area contributed by atoms with Gasteiger partial charge in [-0.3, -0.25) is 0 Å². The second-order valence-corrected chi connectivity index (χ2v) is 4.61. The Labute approximate surface area is 128 Å². The number of nitrogens with zero attached hydrogens (tertiary/aromatic N) is 5. The molecule has 0 aliphatic heterocycles. The van der Waals surface area contributed by atoms with Gasteiger partial charge in [-0.25, -0.2) is 9.67 Å². The lowest BCUT2D eigenvalue weighted by molar-refractivity contribution is 0.390. The fourth-order valence-electron chi connectivity index (χ4n) is 2.04. The SMILES string of the molecule is COc1ccc(CNCc2cccnc2-n2cccn2)nn1. The molecule has 0 unspecified atom stereocenters. The Morgan fingerprint density at radius 2 is 2.05 bits per heavy atom. The monoisotopic (exact) mass is 296 g/mol. The van der Waals surface area contributed by atoms with E-state index in [4.69, 9.17) is 4.74 Å². The van der Waals surface area contributed by atoms with Crippen LogP contribution in [0.15, 0.2) is 48.9 Å². The van der Waals surface area contributed by atoms with Crippen molar-refractivity contribution in [2.24, 2.45) is 0 Å². The summed E-state index contributed by atoms with van der Waals surface area (Å²) < 4.78 is 6.74. The Hall–Kier alpha value is -2.80. The smallest absolute Gasteiger partial charge is 0.233 e. The molecule has 7 nitrogen and oxygen atoms in total. The maximum Gasteiger partial charge on any atom is 0.233 e. The predicted molar refractivity (Wildman–Crippen MR) is 80.5 cm³/mol. The van der Waals surface area contributed by atoms with Crippen LogP contribution in [0.25, 0.3) is 5.82 Å². The van der Waals surface area contributed by atoms with Crippen LogP contribution in [0.2, 0.25) is 0 Å². The number of hydrogen-bond donors (Lipinski definition) is 1. The van der Waals surface area contributed by atoms with Crippen molar-refractivity contribution in [3.05, 3.63) is 60.2 Å². The van der Waals surface area contributed by atoms with Crippen LogP contribution < -0.4 is 10.1 Å². The van der Waals surface area contributed by atoms with Crippen molar-refractivity contribution in [1.29, 1.82) is 0 Å². The summed E-state index contributed by atoms with van der Waals surface area (Å²) in [4.78, 5) is 4.39. The van der Waals surface area contributed by atoms with E-state index < -0.39 is 0 Å². The minimum absolute atomic E-state index is 0.511. The van der Waals surface area contributed by atoms with E-state index >= 15 is 0 Å². The van der Waals surface area contributed by atoms with E-state index in [2.05, 4.69) is 25.6 Å². The molecule has 0 amide bonds. The van der Waals surface area contributed by atoms with Gasteiger partial charge in [0.05, 0.1) is 12.8 Å². The molecular formula is C15H16N6O. The third kappa shape index (κ3) is 3.26. The number of nitrogens with one attached hydrogen (secondary N) is 1. The van der Waals surface area contributed by atoms with E-state index in [9.17, 15) is 0 Å². The van der Waals surface area contributed by atoms with Crippen molar-refractivity contribution in [1.82, 2.24) is 30.3 Å². The Balaban J connectivity index is 1.64. The van der Waals surface area contributed by atoms with Gasteiger partial charge in [-0.1, -0.05) is 6.07 Å². The number of hydrogen-bond acceptors (Lipinski definition) is 6. The van der Waals surface area contributed by atoms with Gasteiger partial charge in [0.15, 0.2) is 5.82 Å². The Bertz CT molecular complexity index is 711. The molecule has 0 spiro atoms. The normalized spacial score (nSPS) is 10.6. The molecule has 1 N–H and O–H groups in total. The molecule has 0 fully saturated rings. The quantitative estimate of drug-likeness (QED) is 0.740. The molecule has 22 heavy (non-hydrogen) atoms.